The van der Waals surface area contributed by atoms with E-state index in [1.807, 2.05) is 6.20 Å². The molecule has 0 aromatic carbocycles. The van der Waals surface area contributed by atoms with E-state index in [2.05, 4.69) is 15.0 Å². The lowest BCUT2D eigenvalue weighted by atomic mass is 10.4. The lowest BCUT2D eigenvalue weighted by Gasteiger charge is -1.98. The minimum atomic E-state index is 0.129. The summed E-state index contributed by atoms with van der Waals surface area (Å²) in [6.07, 6.45) is 4.43. The van der Waals surface area contributed by atoms with E-state index in [1.165, 1.54) is 5.57 Å². The van der Waals surface area contributed by atoms with Gasteiger partial charge in [0.25, 0.3) is 0 Å². The highest BCUT2D eigenvalue weighted by Crippen LogP contribution is 2.37. The van der Waals surface area contributed by atoms with Crippen molar-refractivity contribution < 1.29 is 5.11 Å². The van der Waals surface area contributed by atoms with Gasteiger partial charge in [-0.05, 0) is 12.0 Å². The molecular formula is C10H12N6O. The second kappa shape index (κ2) is 3.42. The number of hydrogen-bond donors (Lipinski definition) is 3. The van der Waals surface area contributed by atoms with Crippen LogP contribution in [0.3, 0.4) is 0 Å². The van der Waals surface area contributed by atoms with E-state index < -0.39 is 0 Å². The number of nitrogens with zero attached hydrogens (tertiary/aromatic N) is 4. The third-order valence-electron chi connectivity index (χ3n) is 2.84. The summed E-state index contributed by atoms with van der Waals surface area (Å²) in [6.45, 7) is 0.178. The largest absolute Gasteiger partial charge is 0.396 e. The molecule has 0 radical (unpaired) electrons. The minimum Gasteiger partial charge on any atom is -0.396 e. The third-order valence-corrected chi connectivity index (χ3v) is 2.84. The zero-order chi connectivity index (χ0) is 12.0. The van der Waals surface area contributed by atoms with Gasteiger partial charge in [-0.15, -0.1) is 0 Å². The Morgan fingerprint density at radius 2 is 2.29 bits per heavy atom. The Balaban J connectivity index is 2.09. The van der Waals surface area contributed by atoms with E-state index >= 15 is 0 Å². The SMILES string of the molecule is Nc1nc(N)c2ncn(/C=C3\CC3CO)c2n1. The maximum absolute atomic E-state index is 8.98. The summed E-state index contributed by atoms with van der Waals surface area (Å²) >= 11 is 0. The van der Waals surface area contributed by atoms with Gasteiger partial charge in [-0.25, -0.2) is 4.98 Å². The van der Waals surface area contributed by atoms with Crippen LogP contribution in [-0.2, 0) is 0 Å². The van der Waals surface area contributed by atoms with Gasteiger partial charge in [0, 0.05) is 18.7 Å². The fraction of sp³-hybridized carbons (Fsp3) is 0.300. The van der Waals surface area contributed by atoms with Gasteiger partial charge in [-0.3, -0.25) is 4.57 Å². The molecule has 1 saturated carbocycles. The summed E-state index contributed by atoms with van der Waals surface area (Å²) < 4.78 is 1.76. The highest BCUT2D eigenvalue weighted by molar-refractivity contribution is 5.84. The Kier molecular flexibility index (Phi) is 2.02. The maximum atomic E-state index is 8.98. The van der Waals surface area contributed by atoms with Crippen molar-refractivity contribution in [2.75, 3.05) is 18.1 Å². The predicted octanol–water partition coefficient (Wildman–Crippen LogP) is -0.156. The first-order valence-electron chi connectivity index (χ1n) is 5.26. The lowest BCUT2D eigenvalue weighted by molar-refractivity contribution is 0.281. The van der Waals surface area contributed by atoms with E-state index in [4.69, 9.17) is 16.6 Å². The number of nitrogen functional groups attached to an aromatic ring is 2. The Morgan fingerprint density at radius 3 is 3.00 bits per heavy atom. The van der Waals surface area contributed by atoms with Gasteiger partial charge in [0.1, 0.15) is 6.33 Å². The number of hydrogen-bond acceptors (Lipinski definition) is 6. The van der Waals surface area contributed by atoms with Crippen molar-refractivity contribution >= 4 is 29.1 Å². The summed E-state index contributed by atoms with van der Waals surface area (Å²) in [6, 6.07) is 0. The van der Waals surface area contributed by atoms with Crippen molar-refractivity contribution in [1.29, 1.82) is 0 Å². The Morgan fingerprint density at radius 1 is 1.47 bits per heavy atom. The van der Waals surface area contributed by atoms with Gasteiger partial charge in [-0.2, -0.15) is 9.97 Å². The van der Waals surface area contributed by atoms with E-state index in [9.17, 15) is 0 Å². The van der Waals surface area contributed by atoms with Crippen molar-refractivity contribution in [3.8, 4) is 0 Å². The van der Waals surface area contributed by atoms with Crippen LogP contribution in [-0.4, -0.2) is 31.2 Å². The highest BCUT2D eigenvalue weighted by Gasteiger charge is 2.28. The van der Waals surface area contributed by atoms with Crippen LogP contribution in [0.5, 0.6) is 0 Å². The summed E-state index contributed by atoms with van der Waals surface area (Å²) in [5.74, 6) is 0.674. The molecule has 0 bridgehead atoms. The van der Waals surface area contributed by atoms with Crippen molar-refractivity contribution in [1.82, 2.24) is 19.5 Å². The number of fused-ring (bicyclic) bond motifs is 1. The molecule has 2 aromatic heterocycles. The summed E-state index contributed by atoms with van der Waals surface area (Å²) in [4.78, 5) is 12.1. The molecular weight excluding hydrogens is 220 g/mol. The van der Waals surface area contributed by atoms with Gasteiger partial charge in [-0.1, -0.05) is 0 Å². The second-order valence-electron chi connectivity index (χ2n) is 4.08. The third kappa shape index (κ3) is 1.60. The molecule has 1 atom stereocenters. The standard InChI is InChI=1S/C10H12N6O/c11-8-7-9(15-10(12)14-8)16(4-13-7)2-5-1-6(5)3-17/h2,4,6,17H,1,3H2,(H4,11,12,14,15)/b5-2+. The van der Waals surface area contributed by atoms with E-state index in [0.29, 0.717) is 11.2 Å². The predicted molar refractivity (Wildman–Crippen MR) is 63.6 cm³/mol. The highest BCUT2D eigenvalue weighted by atomic mass is 16.3. The van der Waals surface area contributed by atoms with Gasteiger partial charge in [0.05, 0.1) is 0 Å². The average molecular weight is 232 g/mol. The molecule has 0 amide bonds. The Labute approximate surface area is 96.8 Å². The zero-order valence-corrected chi connectivity index (χ0v) is 9.04. The van der Waals surface area contributed by atoms with Crippen molar-refractivity contribution in [3.63, 3.8) is 0 Å². The number of aromatic nitrogens is 4. The molecule has 88 valence electrons. The van der Waals surface area contributed by atoms with Gasteiger partial charge in [0.15, 0.2) is 17.0 Å². The molecule has 7 nitrogen and oxygen atoms in total. The van der Waals surface area contributed by atoms with E-state index in [1.54, 1.807) is 10.9 Å². The van der Waals surface area contributed by atoms with Crippen LogP contribution in [0, 0.1) is 5.92 Å². The average Bonchev–Trinajstić information content (AvgIpc) is 2.92. The summed E-state index contributed by atoms with van der Waals surface area (Å²) in [5.41, 5.74) is 13.5. The van der Waals surface area contributed by atoms with Crippen molar-refractivity contribution in [2.24, 2.45) is 5.92 Å². The molecule has 1 fully saturated rings. The number of imidazole rings is 1. The lowest BCUT2D eigenvalue weighted by Crippen LogP contribution is -2.01. The zero-order valence-electron chi connectivity index (χ0n) is 9.04. The molecule has 5 N–H and O–H groups in total. The number of aliphatic hydroxyl groups excluding tert-OH is 1. The number of aliphatic hydroxyl groups is 1. The van der Waals surface area contributed by atoms with Crippen molar-refractivity contribution in [2.45, 2.75) is 6.42 Å². The smallest absolute Gasteiger partial charge is 0.224 e. The van der Waals surface area contributed by atoms with Crippen LogP contribution in [0.2, 0.25) is 0 Å². The molecule has 0 spiro atoms. The van der Waals surface area contributed by atoms with E-state index in [-0.39, 0.29) is 24.3 Å². The van der Waals surface area contributed by atoms with Crippen LogP contribution in [0.1, 0.15) is 6.42 Å². The number of rotatable bonds is 2. The fourth-order valence-electron chi connectivity index (χ4n) is 1.79. The molecule has 3 rings (SSSR count). The molecule has 0 aliphatic heterocycles. The molecule has 2 aromatic rings. The quantitative estimate of drug-likeness (QED) is 0.662. The van der Waals surface area contributed by atoms with Crippen LogP contribution in [0.15, 0.2) is 11.9 Å². The monoisotopic (exact) mass is 232 g/mol. The van der Waals surface area contributed by atoms with Crippen LogP contribution < -0.4 is 11.5 Å². The molecule has 0 saturated heterocycles. The first-order valence-corrected chi connectivity index (χ1v) is 5.26. The van der Waals surface area contributed by atoms with Crippen LogP contribution in [0.4, 0.5) is 11.8 Å². The molecule has 2 heterocycles. The minimum absolute atomic E-state index is 0.129. The Bertz CT molecular complexity index is 617. The van der Waals surface area contributed by atoms with Gasteiger partial charge < -0.3 is 16.6 Å². The summed E-state index contributed by atoms with van der Waals surface area (Å²) in [7, 11) is 0. The Hall–Kier alpha value is -2.15. The molecule has 1 aliphatic carbocycles. The second-order valence-corrected chi connectivity index (χ2v) is 4.08. The maximum Gasteiger partial charge on any atom is 0.224 e. The first kappa shape index (κ1) is 10.0. The van der Waals surface area contributed by atoms with Gasteiger partial charge >= 0.3 is 0 Å². The molecule has 17 heavy (non-hydrogen) atoms. The first-order chi connectivity index (χ1) is 8.19. The molecule has 1 unspecified atom stereocenters. The normalized spacial score (nSPS) is 21.2. The van der Waals surface area contributed by atoms with Crippen molar-refractivity contribution in [3.05, 3.63) is 11.9 Å². The van der Waals surface area contributed by atoms with Crippen LogP contribution >= 0.6 is 0 Å². The fourth-order valence-corrected chi connectivity index (χ4v) is 1.79. The van der Waals surface area contributed by atoms with Crippen LogP contribution in [0.25, 0.3) is 17.4 Å². The number of anilines is 2. The number of nitrogens with two attached hydrogens (primary N) is 2. The molecule has 1 aliphatic rings. The van der Waals surface area contributed by atoms with E-state index in [0.717, 1.165) is 6.42 Å². The van der Waals surface area contributed by atoms with Gasteiger partial charge in [0.2, 0.25) is 5.95 Å². The summed E-state index contributed by atoms with van der Waals surface area (Å²) in [5, 5.41) is 8.98. The molecule has 7 heteroatoms. The topological polar surface area (TPSA) is 116 Å².